The van der Waals surface area contributed by atoms with Crippen LogP contribution in [0.25, 0.3) is 22.2 Å². The Morgan fingerprint density at radius 2 is 1.96 bits per heavy atom. The number of hydrogen-bond donors (Lipinski definition) is 0. The van der Waals surface area contributed by atoms with Crippen LogP contribution in [0.1, 0.15) is 17.7 Å². The fraction of sp³-hybridized carbons (Fsp3) is 0.278. The number of fused-ring (bicyclic) bond motifs is 1. The lowest BCUT2D eigenvalue weighted by atomic mass is 10.0. The molecule has 0 spiro atoms. The van der Waals surface area contributed by atoms with Crippen molar-refractivity contribution in [1.29, 1.82) is 0 Å². The normalized spacial score (nSPS) is 11.3. The van der Waals surface area contributed by atoms with Crippen molar-refractivity contribution in [3.05, 3.63) is 47.5 Å². The van der Waals surface area contributed by atoms with Crippen LogP contribution in [-0.2, 0) is 11.3 Å². The maximum absolute atomic E-state index is 13.5. The van der Waals surface area contributed by atoms with Crippen LogP contribution in [0, 0.1) is 12.7 Å². The highest BCUT2D eigenvalue weighted by atomic mass is 19.3. The average Bonchev–Trinajstić information content (AvgIpc) is 2.90. The maximum Gasteiger partial charge on any atom is 0.266 e. The van der Waals surface area contributed by atoms with Gasteiger partial charge in [-0.3, -0.25) is 14.5 Å². The third-order valence-electron chi connectivity index (χ3n) is 4.11. The van der Waals surface area contributed by atoms with Crippen molar-refractivity contribution in [2.45, 2.75) is 19.9 Å². The zero-order valence-corrected chi connectivity index (χ0v) is 14.5. The Labute approximate surface area is 148 Å². The zero-order chi connectivity index (χ0) is 19.0. The van der Waals surface area contributed by atoms with E-state index in [1.165, 1.54) is 21.8 Å². The molecule has 2 heterocycles. The molecule has 0 atom stereocenters. The van der Waals surface area contributed by atoms with Crippen molar-refractivity contribution in [2.75, 3.05) is 14.1 Å². The van der Waals surface area contributed by atoms with E-state index in [-0.39, 0.29) is 12.5 Å². The molecule has 2 aromatic heterocycles. The molecule has 3 rings (SSSR count). The van der Waals surface area contributed by atoms with E-state index in [0.29, 0.717) is 27.9 Å². The second kappa shape index (κ2) is 6.78. The monoisotopic (exact) mass is 362 g/mol. The Balaban J connectivity index is 2.09. The van der Waals surface area contributed by atoms with E-state index in [2.05, 4.69) is 10.1 Å². The Hall–Kier alpha value is -2.90. The molecule has 26 heavy (non-hydrogen) atoms. The van der Waals surface area contributed by atoms with Crippen molar-refractivity contribution in [3.63, 3.8) is 0 Å². The number of carbonyl (C=O) groups excluding carboxylic acids is 1. The minimum absolute atomic E-state index is 0.0359. The molecular weight excluding hydrogens is 345 g/mol. The Bertz CT molecular complexity index is 982. The summed E-state index contributed by atoms with van der Waals surface area (Å²) in [6.45, 7) is 1.81. The Morgan fingerprint density at radius 1 is 1.23 bits per heavy atom. The molecule has 1 amide bonds. The number of nitrogens with zero attached hydrogens (tertiary/aromatic N) is 4. The van der Waals surface area contributed by atoms with E-state index in [4.69, 9.17) is 0 Å². The number of aromatic nitrogens is 3. The fourth-order valence-electron chi connectivity index (χ4n) is 2.65. The van der Waals surface area contributed by atoms with Crippen molar-refractivity contribution in [3.8, 4) is 11.1 Å². The van der Waals surface area contributed by atoms with Crippen molar-refractivity contribution in [1.82, 2.24) is 19.7 Å². The first-order valence-corrected chi connectivity index (χ1v) is 7.89. The third kappa shape index (κ3) is 3.26. The van der Waals surface area contributed by atoms with Gasteiger partial charge in [-0.1, -0.05) is 6.07 Å². The molecular formula is C18H17F3N4O. The third-order valence-corrected chi connectivity index (χ3v) is 4.11. The number of hydrogen-bond acceptors (Lipinski definition) is 3. The molecule has 0 aliphatic heterocycles. The van der Waals surface area contributed by atoms with Crippen LogP contribution >= 0.6 is 0 Å². The molecule has 0 saturated heterocycles. The van der Waals surface area contributed by atoms with Crippen LogP contribution in [-0.4, -0.2) is 39.7 Å². The van der Waals surface area contributed by atoms with Crippen molar-refractivity contribution >= 4 is 16.9 Å². The number of alkyl halides is 2. The molecule has 136 valence electrons. The van der Waals surface area contributed by atoms with Crippen LogP contribution in [0.5, 0.6) is 0 Å². The van der Waals surface area contributed by atoms with E-state index in [1.807, 2.05) is 0 Å². The minimum Gasteiger partial charge on any atom is -0.347 e. The number of pyridine rings is 1. The van der Waals surface area contributed by atoms with Crippen LogP contribution < -0.4 is 0 Å². The molecule has 0 saturated carbocycles. The van der Waals surface area contributed by atoms with Gasteiger partial charge in [0.1, 0.15) is 17.9 Å². The van der Waals surface area contributed by atoms with Crippen LogP contribution in [0.4, 0.5) is 13.2 Å². The van der Waals surface area contributed by atoms with Gasteiger partial charge in [0.25, 0.3) is 6.43 Å². The van der Waals surface area contributed by atoms with Crippen LogP contribution in [0.3, 0.4) is 0 Å². The van der Waals surface area contributed by atoms with Crippen molar-refractivity contribution in [2.24, 2.45) is 0 Å². The fourth-order valence-corrected chi connectivity index (χ4v) is 2.65. The van der Waals surface area contributed by atoms with Gasteiger partial charge in [0.05, 0.1) is 16.8 Å². The lowest BCUT2D eigenvalue weighted by Crippen LogP contribution is -2.26. The van der Waals surface area contributed by atoms with Crippen LogP contribution in [0.15, 0.2) is 30.5 Å². The summed E-state index contributed by atoms with van der Waals surface area (Å²) in [6, 6.07) is 5.26. The molecule has 1 aromatic carbocycles. The number of amides is 1. The number of carbonyl (C=O) groups is 1. The molecule has 0 aliphatic carbocycles. The van der Waals surface area contributed by atoms with Gasteiger partial charge < -0.3 is 4.90 Å². The maximum atomic E-state index is 13.5. The summed E-state index contributed by atoms with van der Waals surface area (Å²) < 4.78 is 41.0. The predicted molar refractivity (Wildman–Crippen MR) is 91.3 cm³/mol. The molecule has 3 aromatic rings. The molecule has 0 aliphatic rings. The number of halogens is 3. The molecule has 0 radical (unpaired) electrons. The standard InChI is InChI=1S/C18H17F3N4O/c1-10-17-15(25(23-10)9-16(26)24(2)3)7-12(8-22-17)11-4-5-14(19)13(6-11)18(20)21/h4-8,18H,9H2,1-3H3. The van der Waals surface area contributed by atoms with Gasteiger partial charge in [-0.15, -0.1) is 0 Å². The number of likely N-dealkylation sites (N-methyl/N-ethyl adjacent to an activating group) is 1. The molecule has 8 heteroatoms. The van der Waals surface area contributed by atoms with E-state index in [0.717, 1.165) is 12.1 Å². The molecule has 0 bridgehead atoms. The van der Waals surface area contributed by atoms with Gasteiger partial charge in [-0.25, -0.2) is 13.2 Å². The summed E-state index contributed by atoms with van der Waals surface area (Å²) in [5.74, 6) is -1.09. The lowest BCUT2D eigenvalue weighted by molar-refractivity contribution is -0.129. The average molecular weight is 362 g/mol. The van der Waals surface area contributed by atoms with E-state index in [9.17, 15) is 18.0 Å². The van der Waals surface area contributed by atoms with Crippen LogP contribution in [0.2, 0.25) is 0 Å². The number of rotatable bonds is 4. The quantitative estimate of drug-likeness (QED) is 0.713. The second-order valence-corrected chi connectivity index (χ2v) is 6.16. The number of aryl methyl sites for hydroxylation is 1. The second-order valence-electron chi connectivity index (χ2n) is 6.16. The van der Waals surface area contributed by atoms with Gasteiger partial charge in [-0.05, 0) is 30.7 Å². The summed E-state index contributed by atoms with van der Waals surface area (Å²) in [6.07, 6.45) is -1.38. The first kappa shape index (κ1) is 17.9. The smallest absolute Gasteiger partial charge is 0.266 e. The van der Waals surface area contributed by atoms with Gasteiger partial charge in [0, 0.05) is 25.9 Å². The molecule has 0 unspecified atom stereocenters. The van der Waals surface area contributed by atoms with Gasteiger partial charge in [-0.2, -0.15) is 5.10 Å². The highest BCUT2D eigenvalue weighted by Crippen LogP contribution is 2.29. The summed E-state index contributed by atoms with van der Waals surface area (Å²) >= 11 is 0. The molecule has 0 fully saturated rings. The topological polar surface area (TPSA) is 51.0 Å². The largest absolute Gasteiger partial charge is 0.347 e. The SMILES string of the molecule is Cc1nn(CC(=O)N(C)C)c2cc(-c3ccc(F)c(C(F)F)c3)cnc12. The Kier molecular flexibility index (Phi) is 4.67. The summed E-state index contributed by atoms with van der Waals surface area (Å²) in [4.78, 5) is 17.8. The number of benzene rings is 1. The predicted octanol–water partition coefficient (Wildman–Crippen LogP) is 3.57. The Morgan fingerprint density at radius 3 is 2.62 bits per heavy atom. The van der Waals surface area contributed by atoms with Gasteiger partial charge >= 0.3 is 0 Å². The van der Waals surface area contributed by atoms with E-state index >= 15 is 0 Å². The first-order chi connectivity index (χ1) is 12.3. The van der Waals surface area contributed by atoms with Crippen molar-refractivity contribution < 1.29 is 18.0 Å². The summed E-state index contributed by atoms with van der Waals surface area (Å²) in [7, 11) is 3.30. The summed E-state index contributed by atoms with van der Waals surface area (Å²) in [5.41, 5.74) is 2.19. The minimum atomic E-state index is -2.91. The zero-order valence-electron chi connectivity index (χ0n) is 14.5. The highest BCUT2D eigenvalue weighted by Gasteiger charge is 2.17. The molecule has 0 N–H and O–H groups in total. The first-order valence-electron chi connectivity index (χ1n) is 7.89. The molecule has 5 nitrogen and oxygen atoms in total. The summed E-state index contributed by atoms with van der Waals surface area (Å²) in [5, 5.41) is 4.33. The van der Waals surface area contributed by atoms with Gasteiger partial charge in [0.2, 0.25) is 5.91 Å². The highest BCUT2D eigenvalue weighted by molar-refractivity contribution is 5.84. The van der Waals surface area contributed by atoms with Gasteiger partial charge in [0.15, 0.2) is 0 Å². The lowest BCUT2D eigenvalue weighted by Gasteiger charge is -2.11. The van der Waals surface area contributed by atoms with E-state index < -0.39 is 17.8 Å². The van der Waals surface area contributed by atoms with E-state index in [1.54, 1.807) is 27.1 Å².